The zero-order valence-corrected chi connectivity index (χ0v) is 8.59. The van der Waals surface area contributed by atoms with E-state index in [0.717, 1.165) is 17.2 Å². The maximum atomic E-state index is 13.3. The van der Waals surface area contributed by atoms with Gasteiger partial charge in [0.1, 0.15) is 12.1 Å². The number of rotatable bonds is 2. The molecule has 0 bridgehead atoms. The fourth-order valence-electron chi connectivity index (χ4n) is 1.13. The number of ether oxygens (including phenoxy) is 1. The molecule has 0 fully saturated rings. The van der Waals surface area contributed by atoms with Crippen molar-refractivity contribution < 1.29 is 18.3 Å². The van der Waals surface area contributed by atoms with Gasteiger partial charge in [0.05, 0.1) is 13.3 Å². The van der Waals surface area contributed by atoms with Crippen LogP contribution in [0.25, 0.3) is 5.82 Å². The molecule has 0 unspecified atom stereocenters. The van der Waals surface area contributed by atoms with Gasteiger partial charge in [0, 0.05) is 6.07 Å². The Balaban J connectivity index is 2.40. The summed E-state index contributed by atoms with van der Waals surface area (Å²) in [7, 11) is 1.17. The third-order valence-corrected chi connectivity index (χ3v) is 1.87. The molecule has 88 valence electrons. The Morgan fingerprint density at radius 1 is 1.41 bits per heavy atom. The molecule has 2 heterocycles. The maximum Gasteiger partial charge on any atom is 0.377 e. The van der Waals surface area contributed by atoms with Crippen molar-refractivity contribution in [2.45, 2.75) is 0 Å². The quantitative estimate of drug-likeness (QED) is 0.723. The van der Waals surface area contributed by atoms with Crippen molar-refractivity contribution in [3.63, 3.8) is 0 Å². The number of esters is 1. The molecule has 17 heavy (non-hydrogen) atoms. The Bertz CT molecular complexity index is 570. The molecular formula is C9H6F2N4O2. The van der Waals surface area contributed by atoms with Crippen LogP contribution in [-0.4, -0.2) is 32.8 Å². The van der Waals surface area contributed by atoms with Gasteiger partial charge in [-0.05, 0) is 0 Å². The molecule has 0 spiro atoms. The van der Waals surface area contributed by atoms with Crippen molar-refractivity contribution in [2.24, 2.45) is 0 Å². The van der Waals surface area contributed by atoms with Crippen LogP contribution in [0.3, 0.4) is 0 Å². The summed E-state index contributed by atoms with van der Waals surface area (Å²) in [5.41, 5.74) is 0. The highest BCUT2D eigenvalue weighted by Crippen LogP contribution is 2.10. The SMILES string of the molecule is COC(=O)c1ncn(-c2ncc(F)cc2F)n1. The normalized spacial score (nSPS) is 10.3. The fraction of sp³-hybridized carbons (Fsp3) is 0.111. The summed E-state index contributed by atoms with van der Waals surface area (Å²) < 4.78 is 31.3. The second-order valence-corrected chi connectivity index (χ2v) is 2.96. The summed E-state index contributed by atoms with van der Waals surface area (Å²) in [5.74, 6) is -2.97. The Morgan fingerprint density at radius 2 is 2.18 bits per heavy atom. The number of pyridine rings is 1. The first-order valence-electron chi connectivity index (χ1n) is 4.43. The van der Waals surface area contributed by atoms with Crippen molar-refractivity contribution in [1.82, 2.24) is 19.7 Å². The molecule has 0 amide bonds. The smallest absolute Gasteiger partial charge is 0.377 e. The van der Waals surface area contributed by atoms with Gasteiger partial charge in [-0.25, -0.2) is 23.5 Å². The number of carbonyl (C=O) groups excluding carboxylic acids is 1. The number of hydrogen-bond donors (Lipinski definition) is 0. The minimum absolute atomic E-state index is 0.238. The average Bonchev–Trinajstić information content (AvgIpc) is 2.77. The highest BCUT2D eigenvalue weighted by molar-refractivity contribution is 5.84. The van der Waals surface area contributed by atoms with E-state index < -0.39 is 17.6 Å². The summed E-state index contributed by atoms with van der Waals surface area (Å²) in [6, 6.07) is 0.655. The number of methoxy groups -OCH3 is 1. The van der Waals surface area contributed by atoms with E-state index in [0.29, 0.717) is 6.07 Å². The predicted molar refractivity (Wildman–Crippen MR) is 50.4 cm³/mol. The lowest BCUT2D eigenvalue weighted by Gasteiger charge is -2.00. The molecule has 0 aromatic carbocycles. The number of hydrogen-bond acceptors (Lipinski definition) is 5. The monoisotopic (exact) mass is 240 g/mol. The van der Waals surface area contributed by atoms with E-state index in [1.165, 1.54) is 7.11 Å². The zero-order chi connectivity index (χ0) is 12.4. The van der Waals surface area contributed by atoms with Crippen molar-refractivity contribution >= 4 is 5.97 Å². The fourth-order valence-corrected chi connectivity index (χ4v) is 1.13. The van der Waals surface area contributed by atoms with Crippen molar-refractivity contribution in [1.29, 1.82) is 0 Å². The van der Waals surface area contributed by atoms with E-state index in [2.05, 4.69) is 19.8 Å². The number of aromatic nitrogens is 4. The van der Waals surface area contributed by atoms with Crippen LogP contribution in [0, 0.1) is 11.6 Å². The Hall–Kier alpha value is -2.38. The first kappa shape index (κ1) is 11.1. The van der Waals surface area contributed by atoms with Gasteiger partial charge >= 0.3 is 5.97 Å². The van der Waals surface area contributed by atoms with Crippen LogP contribution in [-0.2, 0) is 4.74 Å². The van der Waals surface area contributed by atoms with E-state index in [1.807, 2.05) is 0 Å². The molecule has 8 heteroatoms. The molecule has 0 aliphatic rings. The number of nitrogens with zero attached hydrogens (tertiary/aromatic N) is 4. The lowest BCUT2D eigenvalue weighted by atomic mass is 10.4. The number of carbonyl (C=O) groups is 1. The van der Waals surface area contributed by atoms with E-state index in [4.69, 9.17) is 0 Å². The molecule has 0 N–H and O–H groups in total. The van der Waals surface area contributed by atoms with Crippen LogP contribution in [0.2, 0.25) is 0 Å². The molecule has 2 aromatic heterocycles. The molecule has 0 radical (unpaired) electrons. The van der Waals surface area contributed by atoms with Gasteiger partial charge in [-0.2, -0.15) is 4.68 Å². The highest BCUT2D eigenvalue weighted by atomic mass is 19.1. The van der Waals surface area contributed by atoms with E-state index in [1.54, 1.807) is 0 Å². The third kappa shape index (κ3) is 2.10. The molecule has 0 saturated heterocycles. The molecule has 2 aromatic rings. The van der Waals surface area contributed by atoms with E-state index in [-0.39, 0.29) is 11.6 Å². The minimum Gasteiger partial charge on any atom is -0.463 e. The van der Waals surface area contributed by atoms with Gasteiger partial charge < -0.3 is 4.74 Å². The summed E-state index contributed by atoms with van der Waals surface area (Å²) in [6.45, 7) is 0. The maximum absolute atomic E-state index is 13.3. The van der Waals surface area contributed by atoms with Gasteiger partial charge in [-0.1, -0.05) is 0 Å². The summed E-state index contributed by atoms with van der Waals surface area (Å²) in [5, 5.41) is 3.65. The predicted octanol–water partition coefficient (Wildman–Crippen LogP) is 0.727. The van der Waals surface area contributed by atoms with Gasteiger partial charge in [0.15, 0.2) is 11.6 Å². The van der Waals surface area contributed by atoms with Gasteiger partial charge in [0.25, 0.3) is 5.82 Å². The molecule has 2 rings (SSSR count). The van der Waals surface area contributed by atoms with Crippen LogP contribution in [0.5, 0.6) is 0 Å². The molecule has 0 saturated carbocycles. The lowest BCUT2D eigenvalue weighted by Crippen LogP contribution is -2.07. The lowest BCUT2D eigenvalue weighted by molar-refractivity contribution is 0.0587. The van der Waals surface area contributed by atoms with Crippen LogP contribution in [0.4, 0.5) is 8.78 Å². The van der Waals surface area contributed by atoms with Crippen LogP contribution >= 0.6 is 0 Å². The first-order valence-corrected chi connectivity index (χ1v) is 4.43. The topological polar surface area (TPSA) is 69.9 Å². The average molecular weight is 240 g/mol. The van der Waals surface area contributed by atoms with E-state index in [9.17, 15) is 13.6 Å². The zero-order valence-electron chi connectivity index (χ0n) is 8.59. The number of halogens is 2. The highest BCUT2D eigenvalue weighted by Gasteiger charge is 2.14. The van der Waals surface area contributed by atoms with Crippen molar-refractivity contribution in [3.05, 3.63) is 36.0 Å². The van der Waals surface area contributed by atoms with Crippen LogP contribution < -0.4 is 0 Å². The molecule has 0 aliphatic heterocycles. The van der Waals surface area contributed by atoms with Gasteiger partial charge in [0.2, 0.25) is 0 Å². The molecule has 0 atom stereocenters. The first-order chi connectivity index (χ1) is 8.11. The summed E-state index contributed by atoms with van der Waals surface area (Å²) in [4.78, 5) is 18.2. The van der Waals surface area contributed by atoms with Crippen molar-refractivity contribution in [2.75, 3.05) is 7.11 Å². The standard InChI is InChI=1S/C9H6F2N4O2/c1-17-9(16)7-13-4-15(14-7)8-6(11)2-5(10)3-12-8/h2-4H,1H3. The Morgan fingerprint density at radius 3 is 2.82 bits per heavy atom. The van der Waals surface area contributed by atoms with Crippen LogP contribution in [0.1, 0.15) is 10.6 Å². The van der Waals surface area contributed by atoms with Crippen molar-refractivity contribution in [3.8, 4) is 5.82 Å². The van der Waals surface area contributed by atoms with E-state index >= 15 is 0 Å². The third-order valence-electron chi connectivity index (χ3n) is 1.87. The minimum atomic E-state index is -0.911. The molecule has 0 aliphatic carbocycles. The summed E-state index contributed by atoms with van der Waals surface area (Å²) >= 11 is 0. The largest absolute Gasteiger partial charge is 0.463 e. The second-order valence-electron chi connectivity index (χ2n) is 2.96. The van der Waals surface area contributed by atoms with Crippen LogP contribution in [0.15, 0.2) is 18.6 Å². The second kappa shape index (κ2) is 4.24. The Labute approximate surface area is 93.9 Å². The van der Waals surface area contributed by atoms with Gasteiger partial charge in [-0.3, -0.25) is 0 Å². The Kier molecular flexibility index (Phi) is 2.77. The summed E-state index contributed by atoms with van der Waals surface area (Å²) in [6.07, 6.45) is 1.91. The molecular weight excluding hydrogens is 234 g/mol. The molecule has 6 nitrogen and oxygen atoms in total. The van der Waals surface area contributed by atoms with Gasteiger partial charge in [-0.15, -0.1) is 5.10 Å².